The Morgan fingerprint density at radius 3 is 2.60 bits per heavy atom. The van der Waals surface area contributed by atoms with Crippen LogP contribution in [0.25, 0.3) is 0 Å². The Bertz CT molecular complexity index is 626. The van der Waals surface area contributed by atoms with E-state index in [9.17, 15) is 13.2 Å². The van der Waals surface area contributed by atoms with Crippen molar-refractivity contribution in [3.8, 4) is 0 Å². The number of hydrogen-bond acceptors (Lipinski definition) is 5. The first-order valence-electron chi connectivity index (χ1n) is 6.34. The number of alkyl carbamates (subject to hydrolysis) is 1. The maximum Gasteiger partial charge on any atom is 0.407 e. The van der Waals surface area contributed by atoms with Gasteiger partial charge < -0.3 is 10.1 Å². The van der Waals surface area contributed by atoms with Gasteiger partial charge in [0.15, 0.2) is 0 Å². The van der Waals surface area contributed by atoms with Gasteiger partial charge in [0.05, 0.1) is 24.5 Å². The summed E-state index contributed by atoms with van der Waals surface area (Å²) in [7, 11) is 1.65. The van der Waals surface area contributed by atoms with Gasteiger partial charge >= 0.3 is 6.09 Å². The molecular formula is C11H16ClN3O4S. The number of hydrogen-bond donors (Lipinski definition) is 1. The second-order valence-corrected chi connectivity index (χ2v) is 6.96. The second kappa shape index (κ2) is 5.61. The molecule has 0 saturated carbocycles. The number of aryl methyl sites for hydroxylation is 1. The molecule has 112 valence electrons. The van der Waals surface area contributed by atoms with Crippen LogP contribution in [-0.2, 0) is 33.2 Å². The number of carbonyl (C=O) groups is 1. The highest BCUT2D eigenvalue weighted by Gasteiger charge is 2.29. The normalized spacial score (nSPS) is 18.9. The first-order chi connectivity index (χ1) is 9.36. The van der Waals surface area contributed by atoms with Crippen LogP contribution in [0.1, 0.15) is 25.2 Å². The average molecular weight is 322 g/mol. The molecule has 0 spiro atoms. The van der Waals surface area contributed by atoms with Crippen LogP contribution in [0, 0.1) is 0 Å². The number of ether oxygens (including phenoxy) is 1. The maximum absolute atomic E-state index is 11.7. The maximum atomic E-state index is 11.7. The minimum Gasteiger partial charge on any atom is -0.442 e. The minimum absolute atomic E-state index is 0.0847. The van der Waals surface area contributed by atoms with E-state index in [-0.39, 0.29) is 11.0 Å². The molecule has 1 aromatic heterocycles. The van der Waals surface area contributed by atoms with E-state index in [1.165, 1.54) is 0 Å². The van der Waals surface area contributed by atoms with E-state index in [4.69, 9.17) is 15.4 Å². The van der Waals surface area contributed by atoms with E-state index < -0.39 is 15.1 Å². The summed E-state index contributed by atoms with van der Waals surface area (Å²) in [6.45, 7) is 4.33. The summed E-state index contributed by atoms with van der Waals surface area (Å²) in [5.41, 5.74) is 0.980. The lowest BCUT2D eigenvalue weighted by atomic mass is 10.2. The average Bonchev–Trinajstić information content (AvgIpc) is 2.92. The lowest BCUT2D eigenvalue weighted by Gasteiger charge is -2.10. The van der Waals surface area contributed by atoms with E-state index in [1.807, 2.05) is 13.8 Å². The van der Waals surface area contributed by atoms with Gasteiger partial charge in [-0.25, -0.2) is 13.2 Å². The SMILES string of the molecule is CCc1nn(CC2CNC(=O)O2)c(CC)c1S(=O)(=O)Cl. The topological polar surface area (TPSA) is 90.3 Å². The molecule has 1 fully saturated rings. The molecule has 9 heteroatoms. The standard InChI is InChI=1S/C11H16ClN3O4S/c1-3-8-10(20(12,17)18)9(4-2)15(14-8)6-7-5-13-11(16)19-7/h7H,3-6H2,1-2H3,(H,13,16). The minimum atomic E-state index is -3.85. The molecule has 1 N–H and O–H groups in total. The monoisotopic (exact) mass is 321 g/mol. The van der Waals surface area contributed by atoms with Gasteiger partial charge in [-0.2, -0.15) is 5.10 Å². The Balaban J connectivity index is 2.38. The molecule has 1 atom stereocenters. The number of cyclic esters (lactones) is 1. The number of aromatic nitrogens is 2. The number of nitrogens with zero attached hydrogens (tertiary/aromatic N) is 2. The van der Waals surface area contributed by atoms with Crippen LogP contribution < -0.4 is 5.32 Å². The number of nitrogens with one attached hydrogen (secondary N) is 1. The van der Waals surface area contributed by atoms with E-state index in [0.717, 1.165) is 0 Å². The van der Waals surface area contributed by atoms with Crippen molar-refractivity contribution in [1.29, 1.82) is 0 Å². The molecule has 0 radical (unpaired) electrons. The fourth-order valence-electron chi connectivity index (χ4n) is 2.27. The van der Waals surface area contributed by atoms with Gasteiger partial charge in [0.1, 0.15) is 11.0 Å². The van der Waals surface area contributed by atoms with Crippen molar-refractivity contribution < 1.29 is 17.9 Å². The summed E-state index contributed by atoms with van der Waals surface area (Å²) >= 11 is 0. The lowest BCUT2D eigenvalue weighted by molar-refractivity contribution is 0.128. The van der Waals surface area contributed by atoms with E-state index in [1.54, 1.807) is 4.68 Å². The van der Waals surface area contributed by atoms with Gasteiger partial charge in [0, 0.05) is 10.7 Å². The van der Waals surface area contributed by atoms with Crippen molar-refractivity contribution in [2.75, 3.05) is 6.54 Å². The molecule has 2 heterocycles. The molecular weight excluding hydrogens is 306 g/mol. The first-order valence-corrected chi connectivity index (χ1v) is 8.65. The third-order valence-corrected chi connectivity index (χ3v) is 4.54. The number of halogens is 1. The molecule has 1 aromatic rings. The van der Waals surface area contributed by atoms with Gasteiger partial charge in [0.25, 0.3) is 9.05 Å². The summed E-state index contributed by atoms with van der Waals surface area (Å²) in [5, 5.41) is 6.83. The molecule has 0 aromatic carbocycles. The summed E-state index contributed by atoms with van der Waals surface area (Å²) in [4.78, 5) is 11.1. The summed E-state index contributed by atoms with van der Waals surface area (Å²) < 4.78 is 30.0. The second-order valence-electron chi connectivity index (χ2n) is 4.46. The van der Waals surface area contributed by atoms with Crippen molar-refractivity contribution in [1.82, 2.24) is 15.1 Å². The van der Waals surface area contributed by atoms with Gasteiger partial charge in [-0.1, -0.05) is 13.8 Å². The Morgan fingerprint density at radius 1 is 1.45 bits per heavy atom. The molecule has 1 unspecified atom stereocenters. The number of rotatable bonds is 5. The third-order valence-electron chi connectivity index (χ3n) is 3.12. The Kier molecular flexibility index (Phi) is 4.24. The van der Waals surface area contributed by atoms with Gasteiger partial charge in [-0.15, -0.1) is 0 Å². The van der Waals surface area contributed by atoms with Crippen molar-refractivity contribution in [3.63, 3.8) is 0 Å². The Hall–Kier alpha value is -1.28. The van der Waals surface area contributed by atoms with Crippen molar-refractivity contribution >= 4 is 25.8 Å². The molecule has 7 nitrogen and oxygen atoms in total. The fourth-order valence-corrected chi connectivity index (χ4v) is 3.80. The van der Waals surface area contributed by atoms with E-state index in [0.29, 0.717) is 37.3 Å². The smallest absolute Gasteiger partial charge is 0.407 e. The highest BCUT2D eigenvalue weighted by molar-refractivity contribution is 8.13. The highest BCUT2D eigenvalue weighted by Crippen LogP contribution is 2.26. The summed E-state index contributed by atoms with van der Waals surface area (Å²) in [5.74, 6) is 0. The molecule has 0 bridgehead atoms. The van der Waals surface area contributed by atoms with Crippen molar-refractivity contribution in [3.05, 3.63) is 11.4 Å². The fraction of sp³-hybridized carbons (Fsp3) is 0.636. The molecule has 1 saturated heterocycles. The van der Waals surface area contributed by atoms with Crippen LogP contribution >= 0.6 is 10.7 Å². The lowest BCUT2D eigenvalue weighted by Crippen LogP contribution is -2.22. The van der Waals surface area contributed by atoms with Crippen LogP contribution in [0.15, 0.2) is 4.90 Å². The number of carbonyl (C=O) groups excluding carboxylic acids is 1. The molecule has 1 amide bonds. The zero-order chi connectivity index (χ0) is 14.9. The van der Waals surface area contributed by atoms with Crippen LogP contribution in [-0.4, -0.2) is 36.9 Å². The van der Waals surface area contributed by atoms with Crippen LogP contribution in [0.3, 0.4) is 0 Å². The van der Waals surface area contributed by atoms with Crippen molar-refractivity contribution in [2.45, 2.75) is 44.2 Å². The molecule has 1 aliphatic rings. The highest BCUT2D eigenvalue weighted by atomic mass is 35.7. The third kappa shape index (κ3) is 2.90. The first kappa shape index (κ1) is 15.1. The van der Waals surface area contributed by atoms with Crippen LogP contribution in [0.2, 0.25) is 0 Å². The van der Waals surface area contributed by atoms with Crippen LogP contribution in [0.5, 0.6) is 0 Å². The van der Waals surface area contributed by atoms with Crippen LogP contribution in [0.4, 0.5) is 4.79 Å². The quantitative estimate of drug-likeness (QED) is 0.818. The molecule has 2 rings (SSSR count). The van der Waals surface area contributed by atoms with Crippen molar-refractivity contribution in [2.24, 2.45) is 0 Å². The van der Waals surface area contributed by atoms with E-state index >= 15 is 0 Å². The van der Waals surface area contributed by atoms with Gasteiger partial charge in [-0.3, -0.25) is 4.68 Å². The zero-order valence-electron chi connectivity index (χ0n) is 11.2. The van der Waals surface area contributed by atoms with Gasteiger partial charge in [-0.05, 0) is 12.8 Å². The predicted octanol–water partition coefficient (Wildman–Crippen LogP) is 1.04. The van der Waals surface area contributed by atoms with E-state index in [2.05, 4.69) is 10.4 Å². The summed E-state index contributed by atoms with van der Waals surface area (Å²) in [6, 6.07) is 0. The molecule has 0 aliphatic carbocycles. The molecule has 1 aliphatic heterocycles. The number of amides is 1. The summed E-state index contributed by atoms with van der Waals surface area (Å²) in [6.07, 6.45) is 0.108. The predicted molar refractivity (Wildman–Crippen MR) is 72.3 cm³/mol. The Labute approximate surface area is 121 Å². The zero-order valence-corrected chi connectivity index (χ0v) is 12.8. The Morgan fingerprint density at radius 2 is 2.15 bits per heavy atom. The molecule has 20 heavy (non-hydrogen) atoms. The largest absolute Gasteiger partial charge is 0.442 e. The van der Waals surface area contributed by atoms with Gasteiger partial charge in [0.2, 0.25) is 0 Å².